The van der Waals surface area contributed by atoms with Crippen LogP contribution in [0.3, 0.4) is 0 Å². The van der Waals surface area contributed by atoms with Crippen LogP contribution in [0.25, 0.3) is 0 Å². The Labute approximate surface area is 141 Å². The van der Waals surface area contributed by atoms with E-state index in [1.54, 1.807) is 11.3 Å². The molecule has 1 aromatic heterocycles. The van der Waals surface area contributed by atoms with Gasteiger partial charge >= 0.3 is 0 Å². The summed E-state index contributed by atoms with van der Waals surface area (Å²) >= 11 is 1.58. The van der Waals surface area contributed by atoms with Crippen molar-refractivity contribution in [1.29, 1.82) is 0 Å². The van der Waals surface area contributed by atoms with Gasteiger partial charge in [0, 0.05) is 43.2 Å². The molecule has 1 fully saturated rings. The van der Waals surface area contributed by atoms with Crippen LogP contribution in [0.1, 0.15) is 26.9 Å². The van der Waals surface area contributed by atoms with Crippen molar-refractivity contribution in [2.75, 3.05) is 32.7 Å². The Hall–Kier alpha value is -1.69. The van der Waals surface area contributed by atoms with E-state index in [1.165, 1.54) is 0 Å². The Morgan fingerprint density at radius 3 is 2.57 bits per heavy atom. The maximum absolute atomic E-state index is 12.6. The zero-order valence-corrected chi connectivity index (χ0v) is 14.1. The standard InChI is InChI=1S/C18H22N2O2S/c1-14-5-2-3-6-15(14)18(22)20-10-8-19(9-11-20)13-16(21)17-7-4-12-23-17/h2-7,12,16,21H,8-11,13H2,1H3/t16-/m1/s1. The Balaban J connectivity index is 1.54. The van der Waals surface area contributed by atoms with Gasteiger partial charge in [-0.3, -0.25) is 9.69 Å². The van der Waals surface area contributed by atoms with Gasteiger partial charge in [-0.2, -0.15) is 0 Å². The quantitative estimate of drug-likeness (QED) is 0.937. The Bertz CT molecular complexity index is 649. The molecule has 1 amide bonds. The van der Waals surface area contributed by atoms with Crippen LogP contribution in [0.2, 0.25) is 0 Å². The van der Waals surface area contributed by atoms with Gasteiger partial charge in [0.15, 0.2) is 0 Å². The molecular formula is C18H22N2O2S. The molecule has 1 saturated heterocycles. The van der Waals surface area contributed by atoms with Crippen LogP contribution < -0.4 is 0 Å². The average molecular weight is 330 g/mol. The van der Waals surface area contributed by atoms with Gasteiger partial charge in [-0.05, 0) is 30.0 Å². The number of aliphatic hydroxyl groups excluding tert-OH is 1. The first kappa shape index (κ1) is 16.2. The summed E-state index contributed by atoms with van der Waals surface area (Å²) in [6.07, 6.45) is -0.436. The van der Waals surface area contributed by atoms with Gasteiger partial charge in [-0.1, -0.05) is 24.3 Å². The van der Waals surface area contributed by atoms with E-state index in [0.717, 1.165) is 29.1 Å². The van der Waals surface area contributed by atoms with E-state index in [1.807, 2.05) is 53.6 Å². The van der Waals surface area contributed by atoms with Crippen molar-refractivity contribution in [1.82, 2.24) is 9.80 Å². The van der Waals surface area contributed by atoms with Crippen molar-refractivity contribution in [3.63, 3.8) is 0 Å². The van der Waals surface area contributed by atoms with E-state index in [2.05, 4.69) is 4.90 Å². The molecule has 23 heavy (non-hydrogen) atoms. The number of nitrogens with zero attached hydrogens (tertiary/aromatic N) is 2. The lowest BCUT2D eigenvalue weighted by molar-refractivity contribution is 0.0532. The highest BCUT2D eigenvalue weighted by molar-refractivity contribution is 7.10. The summed E-state index contributed by atoms with van der Waals surface area (Å²) in [5.74, 6) is 0.113. The van der Waals surface area contributed by atoms with E-state index in [-0.39, 0.29) is 5.91 Å². The van der Waals surface area contributed by atoms with Gasteiger partial charge in [0.25, 0.3) is 5.91 Å². The molecule has 0 radical (unpaired) electrons. The van der Waals surface area contributed by atoms with Gasteiger partial charge in [-0.25, -0.2) is 0 Å². The lowest BCUT2D eigenvalue weighted by Crippen LogP contribution is -2.49. The number of hydrogen-bond acceptors (Lipinski definition) is 4. The molecule has 1 aliphatic rings. The van der Waals surface area contributed by atoms with Crippen molar-refractivity contribution in [2.24, 2.45) is 0 Å². The lowest BCUT2D eigenvalue weighted by atomic mass is 10.1. The van der Waals surface area contributed by atoms with Crippen molar-refractivity contribution in [3.8, 4) is 0 Å². The summed E-state index contributed by atoms with van der Waals surface area (Å²) in [7, 11) is 0. The highest BCUT2D eigenvalue weighted by Crippen LogP contribution is 2.20. The highest BCUT2D eigenvalue weighted by Gasteiger charge is 2.24. The number of carbonyl (C=O) groups excluding carboxylic acids is 1. The van der Waals surface area contributed by atoms with Crippen LogP contribution in [-0.4, -0.2) is 53.5 Å². The van der Waals surface area contributed by atoms with Crippen LogP contribution in [-0.2, 0) is 0 Å². The summed E-state index contributed by atoms with van der Waals surface area (Å²) in [4.78, 5) is 17.7. The molecule has 1 atom stereocenters. The summed E-state index contributed by atoms with van der Waals surface area (Å²) in [5.41, 5.74) is 1.81. The van der Waals surface area contributed by atoms with E-state index in [4.69, 9.17) is 0 Å². The fourth-order valence-corrected chi connectivity index (χ4v) is 3.64. The fourth-order valence-electron chi connectivity index (χ4n) is 2.93. The third-order valence-corrected chi connectivity index (χ3v) is 5.31. The van der Waals surface area contributed by atoms with E-state index in [9.17, 15) is 9.90 Å². The second kappa shape index (κ2) is 7.25. The van der Waals surface area contributed by atoms with Crippen molar-refractivity contribution >= 4 is 17.2 Å². The molecule has 0 saturated carbocycles. The number of aliphatic hydroxyl groups is 1. The predicted octanol–water partition coefficient (Wildman–Crippen LogP) is 2.55. The largest absolute Gasteiger partial charge is 0.386 e. The number of hydrogen-bond donors (Lipinski definition) is 1. The number of carbonyl (C=O) groups is 1. The normalized spacial score (nSPS) is 17.2. The molecule has 2 aromatic rings. The van der Waals surface area contributed by atoms with Crippen LogP contribution >= 0.6 is 11.3 Å². The maximum Gasteiger partial charge on any atom is 0.254 e. The molecule has 0 bridgehead atoms. The zero-order chi connectivity index (χ0) is 16.2. The Kier molecular flexibility index (Phi) is 5.10. The van der Waals surface area contributed by atoms with Crippen LogP contribution in [0.5, 0.6) is 0 Å². The van der Waals surface area contributed by atoms with Crippen molar-refractivity contribution in [2.45, 2.75) is 13.0 Å². The first-order valence-electron chi connectivity index (χ1n) is 7.94. The van der Waals surface area contributed by atoms with Gasteiger partial charge < -0.3 is 10.0 Å². The molecule has 3 rings (SSSR count). The Morgan fingerprint density at radius 2 is 1.91 bits per heavy atom. The second-order valence-electron chi connectivity index (χ2n) is 5.94. The third kappa shape index (κ3) is 3.80. The summed E-state index contributed by atoms with van der Waals surface area (Å²) in [5, 5.41) is 12.2. The summed E-state index contributed by atoms with van der Waals surface area (Å²) in [6, 6.07) is 11.7. The highest BCUT2D eigenvalue weighted by atomic mass is 32.1. The molecule has 0 aliphatic carbocycles. The van der Waals surface area contributed by atoms with E-state index < -0.39 is 6.10 Å². The topological polar surface area (TPSA) is 43.8 Å². The van der Waals surface area contributed by atoms with Crippen molar-refractivity contribution in [3.05, 3.63) is 57.8 Å². The zero-order valence-electron chi connectivity index (χ0n) is 13.3. The number of rotatable bonds is 4. The number of thiophene rings is 1. The molecular weight excluding hydrogens is 308 g/mol. The molecule has 122 valence electrons. The van der Waals surface area contributed by atoms with Crippen LogP contribution in [0, 0.1) is 6.92 Å². The van der Waals surface area contributed by atoms with Crippen LogP contribution in [0.15, 0.2) is 41.8 Å². The average Bonchev–Trinajstić information content (AvgIpc) is 3.10. The number of aryl methyl sites for hydroxylation is 1. The van der Waals surface area contributed by atoms with Gasteiger partial charge in [0.2, 0.25) is 0 Å². The minimum Gasteiger partial charge on any atom is -0.386 e. The molecule has 0 spiro atoms. The smallest absolute Gasteiger partial charge is 0.254 e. The van der Waals surface area contributed by atoms with Gasteiger partial charge in [0.05, 0.1) is 0 Å². The molecule has 5 heteroatoms. The SMILES string of the molecule is Cc1ccccc1C(=O)N1CCN(C[C@@H](O)c2cccs2)CC1. The molecule has 0 unspecified atom stereocenters. The van der Waals surface area contributed by atoms with Gasteiger partial charge in [0.1, 0.15) is 6.10 Å². The van der Waals surface area contributed by atoms with Gasteiger partial charge in [-0.15, -0.1) is 11.3 Å². The molecule has 4 nitrogen and oxygen atoms in total. The fraction of sp³-hybridized carbons (Fsp3) is 0.389. The Morgan fingerprint density at radius 1 is 1.17 bits per heavy atom. The summed E-state index contributed by atoms with van der Waals surface area (Å²) < 4.78 is 0. The first-order chi connectivity index (χ1) is 11.1. The predicted molar refractivity (Wildman–Crippen MR) is 92.8 cm³/mol. The van der Waals surface area contributed by atoms with Crippen LogP contribution in [0.4, 0.5) is 0 Å². The summed E-state index contributed by atoms with van der Waals surface area (Å²) in [6.45, 7) is 5.64. The molecule has 1 N–H and O–H groups in total. The number of piperazine rings is 1. The monoisotopic (exact) mass is 330 g/mol. The number of amides is 1. The molecule has 1 aromatic carbocycles. The minimum atomic E-state index is -0.436. The number of β-amino-alcohol motifs (C(OH)–C–C–N with tert-alkyl or cyclic N) is 1. The van der Waals surface area contributed by atoms with E-state index in [0.29, 0.717) is 19.6 Å². The van der Waals surface area contributed by atoms with E-state index >= 15 is 0 Å². The second-order valence-corrected chi connectivity index (χ2v) is 6.92. The maximum atomic E-state index is 12.6. The molecule has 1 aliphatic heterocycles. The molecule has 2 heterocycles. The lowest BCUT2D eigenvalue weighted by Gasteiger charge is -2.35. The minimum absolute atomic E-state index is 0.113. The first-order valence-corrected chi connectivity index (χ1v) is 8.82. The van der Waals surface area contributed by atoms with Crippen molar-refractivity contribution < 1.29 is 9.90 Å². The number of benzene rings is 1. The third-order valence-electron chi connectivity index (χ3n) is 4.34.